The number of nitrogens with zero attached hydrogens (tertiary/aromatic N) is 2. The highest BCUT2D eigenvalue weighted by molar-refractivity contribution is 5.87. The van der Waals surface area contributed by atoms with Crippen molar-refractivity contribution in [3.05, 3.63) is 48.0 Å². The third kappa shape index (κ3) is 2.68. The second kappa shape index (κ2) is 5.35. The SMILES string of the molecule is CCOC(=O)c1cncn1Cc1ccc(N)cc1. The average Bonchev–Trinajstić information content (AvgIpc) is 2.81. The fourth-order valence-electron chi connectivity index (χ4n) is 1.64. The Morgan fingerprint density at radius 2 is 2.11 bits per heavy atom. The van der Waals surface area contributed by atoms with Gasteiger partial charge in [0.15, 0.2) is 0 Å². The minimum absolute atomic E-state index is 0.353. The summed E-state index contributed by atoms with van der Waals surface area (Å²) < 4.78 is 6.72. The monoisotopic (exact) mass is 245 g/mol. The van der Waals surface area contributed by atoms with E-state index in [-0.39, 0.29) is 5.97 Å². The van der Waals surface area contributed by atoms with Crippen molar-refractivity contribution in [2.24, 2.45) is 0 Å². The summed E-state index contributed by atoms with van der Waals surface area (Å²) in [5.41, 5.74) is 7.84. The van der Waals surface area contributed by atoms with Gasteiger partial charge in [-0.1, -0.05) is 12.1 Å². The van der Waals surface area contributed by atoms with Gasteiger partial charge in [-0.2, -0.15) is 0 Å². The van der Waals surface area contributed by atoms with Crippen LogP contribution in [-0.2, 0) is 11.3 Å². The molecule has 94 valence electrons. The second-order valence-corrected chi connectivity index (χ2v) is 3.87. The van der Waals surface area contributed by atoms with Crippen molar-refractivity contribution in [1.82, 2.24) is 9.55 Å². The molecule has 2 rings (SSSR count). The lowest BCUT2D eigenvalue weighted by atomic mass is 10.2. The van der Waals surface area contributed by atoms with Gasteiger partial charge in [-0.3, -0.25) is 0 Å². The van der Waals surface area contributed by atoms with E-state index >= 15 is 0 Å². The highest BCUT2D eigenvalue weighted by atomic mass is 16.5. The topological polar surface area (TPSA) is 70.1 Å². The van der Waals surface area contributed by atoms with Crippen LogP contribution in [0.2, 0.25) is 0 Å². The molecule has 0 spiro atoms. The van der Waals surface area contributed by atoms with Crippen LogP contribution >= 0.6 is 0 Å². The molecule has 0 aliphatic carbocycles. The molecule has 1 aromatic heterocycles. The number of nitrogens with two attached hydrogens (primary N) is 1. The third-order valence-electron chi connectivity index (χ3n) is 2.53. The summed E-state index contributed by atoms with van der Waals surface area (Å²) in [6.07, 6.45) is 3.12. The molecule has 0 unspecified atom stereocenters. The molecule has 0 fully saturated rings. The van der Waals surface area contributed by atoms with E-state index in [9.17, 15) is 4.79 Å². The smallest absolute Gasteiger partial charge is 0.356 e. The molecule has 0 aliphatic rings. The maximum absolute atomic E-state index is 11.7. The predicted octanol–water partition coefficient (Wildman–Crippen LogP) is 1.69. The molecule has 2 aromatic rings. The molecule has 0 bridgehead atoms. The number of carbonyl (C=O) groups is 1. The minimum atomic E-state index is -0.356. The molecule has 5 nitrogen and oxygen atoms in total. The Labute approximate surface area is 105 Å². The predicted molar refractivity (Wildman–Crippen MR) is 68.1 cm³/mol. The van der Waals surface area contributed by atoms with Gasteiger partial charge >= 0.3 is 5.97 Å². The molecule has 0 saturated heterocycles. The first-order chi connectivity index (χ1) is 8.70. The van der Waals surface area contributed by atoms with Crippen molar-refractivity contribution in [1.29, 1.82) is 0 Å². The zero-order chi connectivity index (χ0) is 13.0. The van der Waals surface area contributed by atoms with E-state index in [1.165, 1.54) is 6.20 Å². The summed E-state index contributed by atoms with van der Waals surface area (Å²) in [6.45, 7) is 2.69. The van der Waals surface area contributed by atoms with Crippen LogP contribution in [0.3, 0.4) is 0 Å². The average molecular weight is 245 g/mol. The molecule has 0 atom stereocenters. The van der Waals surface area contributed by atoms with Crippen LogP contribution in [0.25, 0.3) is 0 Å². The van der Waals surface area contributed by atoms with Crippen LogP contribution < -0.4 is 5.73 Å². The summed E-state index contributed by atoms with van der Waals surface area (Å²) in [5.74, 6) is -0.356. The highest BCUT2D eigenvalue weighted by Crippen LogP contribution is 2.10. The van der Waals surface area contributed by atoms with E-state index in [2.05, 4.69) is 4.98 Å². The molecule has 2 N–H and O–H groups in total. The summed E-state index contributed by atoms with van der Waals surface area (Å²) >= 11 is 0. The maximum atomic E-state index is 11.7. The maximum Gasteiger partial charge on any atom is 0.356 e. The molecule has 18 heavy (non-hydrogen) atoms. The number of rotatable bonds is 4. The summed E-state index contributed by atoms with van der Waals surface area (Å²) in [7, 11) is 0. The van der Waals surface area contributed by atoms with Gasteiger partial charge in [0.25, 0.3) is 0 Å². The Hall–Kier alpha value is -2.30. The molecule has 0 aliphatic heterocycles. The van der Waals surface area contributed by atoms with E-state index in [0.717, 1.165) is 11.3 Å². The number of carbonyl (C=O) groups excluding carboxylic acids is 1. The standard InChI is InChI=1S/C13H15N3O2/c1-2-18-13(17)12-7-15-9-16(12)8-10-3-5-11(14)6-4-10/h3-7,9H,2,8,14H2,1H3. The van der Waals surface area contributed by atoms with Crippen molar-refractivity contribution in [2.45, 2.75) is 13.5 Å². The van der Waals surface area contributed by atoms with Gasteiger partial charge in [-0.25, -0.2) is 9.78 Å². The van der Waals surface area contributed by atoms with Gasteiger partial charge in [-0.05, 0) is 24.6 Å². The number of nitrogen functional groups attached to an aromatic ring is 1. The van der Waals surface area contributed by atoms with E-state index < -0.39 is 0 Å². The molecule has 1 aromatic carbocycles. The van der Waals surface area contributed by atoms with E-state index in [1.807, 2.05) is 24.3 Å². The molecule has 0 radical (unpaired) electrons. The van der Waals surface area contributed by atoms with Crippen LogP contribution in [0.5, 0.6) is 0 Å². The Morgan fingerprint density at radius 3 is 2.78 bits per heavy atom. The number of hydrogen-bond acceptors (Lipinski definition) is 4. The summed E-state index contributed by atoms with van der Waals surface area (Å²) in [6, 6.07) is 7.50. The first-order valence-corrected chi connectivity index (χ1v) is 5.72. The van der Waals surface area contributed by atoms with Crippen molar-refractivity contribution < 1.29 is 9.53 Å². The lowest BCUT2D eigenvalue weighted by Gasteiger charge is -2.07. The second-order valence-electron chi connectivity index (χ2n) is 3.87. The molecule has 5 heteroatoms. The quantitative estimate of drug-likeness (QED) is 0.657. The Morgan fingerprint density at radius 1 is 1.39 bits per heavy atom. The zero-order valence-electron chi connectivity index (χ0n) is 10.2. The van der Waals surface area contributed by atoms with E-state index in [1.54, 1.807) is 17.8 Å². The van der Waals surface area contributed by atoms with Gasteiger partial charge in [0.1, 0.15) is 5.69 Å². The van der Waals surface area contributed by atoms with Gasteiger partial charge in [-0.15, -0.1) is 0 Å². The van der Waals surface area contributed by atoms with Crippen LogP contribution in [0.15, 0.2) is 36.8 Å². The van der Waals surface area contributed by atoms with E-state index in [4.69, 9.17) is 10.5 Å². The van der Waals surface area contributed by atoms with Crippen LogP contribution in [0.4, 0.5) is 5.69 Å². The van der Waals surface area contributed by atoms with Crippen molar-refractivity contribution in [2.75, 3.05) is 12.3 Å². The zero-order valence-corrected chi connectivity index (χ0v) is 10.2. The first kappa shape index (κ1) is 12.2. The Balaban J connectivity index is 2.17. The highest BCUT2D eigenvalue weighted by Gasteiger charge is 2.12. The third-order valence-corrected chi connectivity index (χ3v) is 2.53. The fraction of sp³-hybridized carbons (Fsp3) is 0.231. The lowest BCUT2D eigenvalue weighted by Crippen LogP contribution is -2.12. The Bertz CT molecular complexity index is 531. The van der Waals surface area contributed by atoms with Gasteiger partial charge in [0.2, 0.25) is 0 Å². The number of benzene rings is 1. The number of ether oxygens (including phenoxy) is 1. The Kier molecular flexibility index (Phi) is 3.62. The van der Waals surface area contributed by atoms with Gasteiger partial charge in [0, 0.05) is 12.2 Å². The molecular weight excluding hydrogens is 230 g/mol. The number of imidazole rings is 1. The van der Waals surface area contributed by atoms with Gasteiger partial charge < -0.3 is 15.0 Å². The number of esters is 1. The first-order valence-electron chi connectivity index (χ1n) is 5.72. The normalized spacial score (nSPS) is 10.3. The van der Waals surface area contributed by atoms with Crippen molar-refractivity contribution >= 4 is 11.7 Å². The molecular formula is C13H15N3O2. The lowest BCUT2D eigenvalue weighted by molar-refractivity contribution is 0.0514. The summed E-state index contributed by atoms with van der Waals surface area (Å²) in [4.78, 5) is 15.6. The van der Waals surface area contributed by atoms with Crippen molar-refractivity contribution in [3.8, 4) is 0 Å². The van der Waals surface area contributed by atoms with Gasteiger partial charge in [0.05, 0.1) is 19.1 Å². The van der Waals surface area contributed by atoms with Crippen molar-refractivity contribution in [3.63, 3.8) is 0 Å². The van der Waals surface area contributed by atoms with E-state index in [0.29, 0.717) is 18.8 Å². The number of aromatic nitrogens is 2. The van der Waals surface area contributed by atoms with Crippen LogP contribution in [0.1, 0.15) is 23.0 Å². The molecule has 1 heterocycles. The number of anilines is 1. The van der Waals surface area contributed by atoms with Crippen LogP contribution in [0, 0.1) is 0 Å². The minimum Gasteiger partial charge on any atom is -0.461 e. The fourth-order valence-corrected chi connectivity index (χ4v) is 1.64. The molecule has 0 saturated carbocycles. The largest absolute Gasteiger partial charge is 0.461 e. The molecule has 0 amide bonds. The van der Waals surface area contributed by atoms with Crippen LogP contribution in [-0.4, -0.2) is 22.1 Å². The summed E-state index contributed by atoms with van der Waals surface area (Å²) in [5, 5.41) is 0. The number of hydrogen-bond donors (Lipinski definition) is 1.